The predicted octanol–water partition coefficient (Wildman–Crippen LogP) is 4.73. The highest BCUT2D eigenvalue weighted by Gasteiger charge is 2.29. The molecule has 1 aliphatic rings. The van der Waals surface area contributed by atoms with E-state index in [9.17, 15) is 9.59 Å². The predicted molar refractivity (Wildman–Crippen MR) is 123 cm³/mol. The number of anilines is 2. The third-order valence-corrected chi connectivity index (χ3v) is 5.15. The van der Waals surface area contributed by atoms with Crippen molar-refractivity contribution in [3.05, 3.63) is 53.2 Å². The van der Waals surface area contributed by atoms with Crippen molar-refractivity contribution in [3.8, 4) is 0 Å². The molecule has 0 bridgehead atoms. The molecule has 7 nitrogen and oxygen atoms in total. The minimum absolute atomic E-state index is 0.290. The highest BCUT2D eigenvalue weighted by atomic mass is 35.5. The lowest BCUT2D eigenvalue weighted by molar-refractivity contribution is 0.0572. The zero-order chi connectivity index (χ0) is 22.4. The van der Waals surface area contributed by atoms with E-state index < -0.39 is 17.6 Å². The summed E-state index contributed by atoms with van der Waals surface area (Å²) in [6.45, 7) is 7.74. The maximum absolute atomic E-state index is 13.2. The molecule has 0 saturated carbocycles. The summed E-state index contributed by atoms with van der Waals surface area (Å²) in [6, 6.07) is 10.2. The minimum atomic E-state index is -0.660. The second-order valence-electron chi connectivity index (χ2n) is 8.61. The van der Waals surface area contributed by atoms with Crippen molar-refractivity contribution in [2.45, 2.75) is 39.2 Å². The molecule has 1 aromatic carbocycles. The molecule has 8 heteroatoms. The zero-order valence-corrected chi connectivity index (χ0v) is 18.9. The van der Waals surface area contributed by atoms with Gasteiger partial charge in [-0.3, -0.25) is 9.69 Å². The van der Waals surface area contributed by atoms with Gasteiger partial charge in [0, 0.05) is 17.8 Å². The number of pyridine rings is 1. The van der Waals surface area contributed by atoms with Crippen LogP contribution < -0.4 is 15.5 Å². The zero-order valence-electron chi connectivity index (χ0n) is 18.2. The van der Waals surface area contributed by atoms with Crippen molar-refractivity contribution >= 4 is 35.1 Å². The summed E-state index contributed by atoms with van der Waals surface area (Å²) in [4.78, 5) is 32.0. The van der Waals surface area contributed by atoms with Gasteiger partial charge in [-0.15, -0.1) is 0 Å². The Labute approximate surface area is 188 Å². The van der Waals surface area contributed by atoms with Crippen molar-refractivity contribution in [1.29, 1.82) is 0 Å². The topological polar surface area (TPSA) is 83.6 Å². The Hall–Kier alpha value is -2.64. The first-order valence-corrected chi connectivity index (χ1v) is 10.8. The van der Waals surface area contributed by atoms with Gasteiger partial charge in [0.15, 0.2) is 0 Å². The summed E-state index contributed by atoms with van der Waals surface area (Å²) in [5.74, 6) is 0.326. The van der Waals surface area contributed by atoms with E-state index in [-0.39, 0.29) is 5.56 Å². The molecule has 1 fully saturated rings. The van der Waals surface area contributed by atoms with Crippen LogP contribution in [0.1, 0.15) is 44.0 Å². The molecule has 0 spiro atoms. The van der Waals surface area contributed by atoms with E-state index in [1.165, 1.54) is 0 Å². The SMILES string of the molecule is CC(C)(C)OC(=O)N(CC1CCNCC1)c1ccc(Cl)cc1C(=O)Nc1ccccn1. The van der Waals surface area contributed by atoms with Crippen LogP contribution in [0.2, 0.25) is 5.02 Å². The number of carbonyl (C=O) groups is 2. The van der Waals surface area contributed by atoms with Crippen LogP contribution in [0.5, 0.6) is 0 Å². The molecule has 1 aliphatic heterocycles. The summed E-state index contributed by atoms with van der Waals surface area (Å²) in [5.41, 5.74) is 0.0928. The maximum Gasteiger partial charge on any atom is 0.414 e. The lowest BCUT2D eigenvalue weighted by atomic mass is 9.97. The summed E-state index contributed by atoms with van der Waals surface area (Å²) < 4.78 is 5.67. The summed E-state index contributed by atoms with van der Waals surface area (Å²) >= 11 is 6.21. The quantitative estimate of drug-likeness (QED) is 0.696. The average molecular weight is 445 g/mol. The molecule has 0 atom stereocenters. The highest BCUT2D eigenvalue weighted by molar-refractivity contribution is 6.31. The number of piperidine rings is 1. The van der Waals surface area contributed by atoms with Gasteiger partial charge in [-0.2, -0.15) is 0 Å². The Morgan fingerprint density at radius 2 is 1.97 bits per heavy atom. The number of nitrogens with one attached hydrogen (secondary N) is 2. The van der Waals surface area contributed by atoms with Crippen molar-refractivity contribution in [3.63, 3.8) is 0 Å². The minimum Gasteiger partial charge on any atom is -0.443 e. The van der Waals surface area contributed by atoms with E-state index >= 15 is 0 Å². The Morgan fingerprint density at radius 3 is 2.61 bits per heavy atom. The van der Waals surface area contributed by atoms with Gasteiger partial charge >= 0.3 is 6.09 Å². The number of carbonyl (C=O) groups excluding carboxylic acids is 2. The maximum atomic E-state index is 13.2. The van der Waals surface area contributed by atoms with Gasteiger partial charge in [0.05, 0.1) is 11.3 Å². The molecule has 2 amide bonds. The van der Waals surface area contributed by atoms with Crippen LogP contribution in [0, 0.1) is 5.92 Å². The summed E-state index contributed by atoms with van der Waals surface area (Å²) in [6.07, 6.45) is 3.00. The number of nitrogens with zero attached hydrogens (tertiary/aromatic N) is 2. The first kappa shape index (κ1) is 23.0. The van der Waals surface area contributed by atoms with Crippen LogP contribution in [0.4, 0.5) is 16.3 Å². The van der Waals surface area contributed by atoms with Crippen LogP contribution in [-0.2, 0) is 4.74 Å². The number of aromatic nitrogens is 1. The van der Waals surface area contributed by atoms with E-state index in [0.29, 0.717) is 29.0 Å². The molecule has 166 valence electrons. The van der Waals surface area contributed by atoms with Crippen LogP contribution in [0.3, 0.4) is 0 Å². The number of amides is 2. The lowest BCUT2D eigenvalue weighted by Crippen LogP contribution is -2.42. The second-order valence-corrected chi connectivity index (χ2v) is 9.05. The third-order valence-electron chi connectivity index (χ3n) is 4.91. The van der Waals surface area contributed by atoms with Crippen LogP contribution >= 0.6 is 11.6 Å². The molecule has 31 heavy (non-hydrogen) atoms. The van der Waals surface area contributed by atoms with Crippen LogP contribution in [0.25, 0.3) is 0 Å². The molecule has 1 saturated heterocycles. The van der Waals surface area contributed by atoms with Gasteiger partial charge in [-0.05, 0) is 83.0 Å². The Kier molecular flexibility index (Phi) is 7.51. The highest BCUT2D eigenvalue weighted by Crippen LogP contribution is 2.29. The average Bonchev–Trinajstić information content (AvgIpc) is 2.72. The van der Waals surface area contributed by atoms with Gasteiger partial charge < -0.3 is 15.4 Å². The van der Waals surface area contributed by atoms with Gasteiger partial charge in [-0.1, -0.05) is 17.7 Å². The fourth-order valence-electron chi connectivity index (χ4n) is 3.46. The monoisotopic (exact) mass is 444 g/mol. The van der Waals surface area contributed by atoms with Crippen LogP contribution in [-0.4, -0.2) is 42.2 Å². The first-order chi connectivity index (χ1) is 14.7. The standard InChI is InChI=1S/C23H29ClN4O3/c1-23(2,3)31-22(30)28(15-16-9-12-25-13-10-16)19-8-7-17(24)14-18(19)21(29)27-20-6-4-5-11-26-20/h4-8,11,14,16,25H,9-10,12-13,15H2,1-3H3,(H,26,27,29). The van der Waals surface area contributed by atoms with Crippen molar-refractivity contribution < 1.29 is 14.3 Å². The van der Waals surface area contributed by atoms with Crippen molar-refractivity contribution in [2.24, 2.45) is 5.92 Å². The molecule has 1 aromatic heterocycles. The number of halogens is 1. The van der Waals surface area contributed by atoms with E-state index in [4.69, 9.17) is 16.3 Å². The van der Waals surface area contributed by atoms with Gasteiger partial charge in [0.1, 0.15) is 11.4 Å². The molecular formula is C23H29ClN4O3. The van der Waals surface area contributed by atoms with E-state index in [0.717, 1.165) is 25.9 Å². The molecule has 2 N–H and O–H groups in total. The molecule has 2 aromatic rings. The lowest BCUT2D eigenvalue weighted by Gasteiger charge is -2.32. The smallest absolute Gasteiger partial charge is 0.414 e. The van der Waals surface area contributed by atoms with Crippen LogP contribution in [0.15, 0.2) is 42.6 Å². The van der Waals surface area contributed by atoms with Crippen molar-refractivity contribution in [1.82, 2.24) is 10.3 Å². The molecular weight excluding hydrogens is 416 g/mol. The summed E-state index contributed by atoms with van der Waals surface area (Å²) in [5, 5.41) is 6.51. The number of hydrogen-bond acceptors (Lipinski definition) is 5. The Morgan fingerprint density at radius 1 is 1.23 bits per heavy atom. The fraction of sp³-hybridized carbons (Fsp3) is 0.435. The number of hydrogen-bond donors (Lipinski definition) is 2. The summed E-state index contributed by atoms with van der Waals surface area (Å²) in [7, 11) is 0. The molecule has 0 radical (unpaired) electrons. The van der Waals surface area contributed by atoms with Crippen molar-refractivity contribution in [2.75, 3.05) is 29.9 Å². The van der Waals surface area contributed by atoms with Gasteiger partial charge in [-0.25, -0.2) is 9.78 Å². The molecule has 2 heterocycles. The van der Waals surface area contributed by atoms with E-state index in [1.807, 2.05) is 20.8 Å². The number of rotatable bonds is 5. The second kappa shape index (κ2) is 10.1. The number of benzene rings is 1. The fourth-order valence-corrected chi connectivity index (χ4v) is 3.63. The molecule has 0 aliphatic carbocycles. The Bertz CT molecular complexity index is 909. The number of ether oxygens (including phenoxy) is 1. The normalized spacial score (nSPS) is 14.7. The molecule has 3 rings (SSSR count). The molecule has 0 unspecified atom stereocenters. The van der Waals surface area contributed by atoms with Gasteiger partial charge in [0.2, 0.25) is 0 Å². The van der Waals surface area contributed by atoms with E-state index in [2.05, 4.69) is 15.6 Å². The van der Waals surface area contributed by atoms with E-state index in [1.54, 1.807) is 47.5 Å². The van der Waals surface area contributed by atoms with Gasteiger partial charge in [0.25, 0.3) is 5.91 Å². The Balaban J connectivity index is 1.94. The first-order valence-electron chi connectivity index (χ1n) is 10.5. The third kappa shape index (κ3) is 6.67. The largest absolute Gasteiger partial charge is 0.443 e.